The highest BCUT2D eigenvalue weighted by atomic mass is 35.5. The summed E-state index contributed by atoms with van der Waals surface area (Å²) in [7, 11) is 0. The van der Waals surface area contributed by atoms with Crippen molar-refractivity contribution in [1.82, 2.24) is 10.3 Å². The van der Waals surface area contributed by atoms with Crippen LogP contribution in [0.3, 0.4) is 0 Å². The Morgan fingerprint density at radius 2 is 2.09 bits per heavy atom. The van der Waals surface area contributed by atoms with Gasteiger partial charge < -0.3 is 15.2 Å². The first-order valence-electron chi connectivity index (χ1n) is 7.08. The molecule has 23 heavy (non-hydrogen) atoms. The Labute approximate surface area is 138 Å². The summed E-state index contributed by atoms with van der Waals surface area (Å²) in [6.07, 6.45) is 1.60. The Morgan fingerprint density at radius 3 is 2.74 bits per heavy atom. The van der Waals surface area contributed by atoms with Gasteiger partial charge in [0.25, 0.3) is 5.91 Å². The fraction of sp³-hybridized carbons (Fsp3) is 0.312. The lowest BCUT2D eigenvalue weighted by atomic mass is 10.1. The van der Waals surface area contributed by atoms with Gasteiger partial charge in [0.2, 0.25) is 0 Å². The van der Waals surface area contributed by atoms with E-state index in [4.69, 9.17) is 21.4 Å². The number of carboxylic acid groups (broad SMARTS) is 1. The van der Waals surface area contributed by atoms with Crippen LogP contribution in [0.15, 0.2) is 30.5 Å². The van der Waals surface area contributed by atoms with E-state index >= 15 is 0 Å². The van der Waals surface area contributed by atoms with E-state index in [9.17, 15) is 9.59 Å². The Hall–Kier alpha value is -2.34. The number of halogens is 1. The summed E-state index contributed by atoms with van der Waals surface area (Å²) in [5.74, 6) is -1.40. The number of aliphatic carboxylic acids is 1. The average Bonchev–Trinajstić information content (AvgIpc) is 2.51. The van der Waals surface area contributed by atoms with E-state index in [0.29, 0.717) is 16.3 Å². The fourth-order valence-electron chi connectivity index (χ4n) is 2.10. The van der Waals surface area contributed by atoms with Crippen LogP contribution in [-0.4, -0.2) is 34.6 Å². The number of hydrogen-bond acceptors (Lipinski definition) is 4. The summed E-state index contributed by atoms with van der Waals surface area (Å²) in [4.78, 5) is 27.2. The highest BCUT2D eigenvalue weighted by molar-refractivity contribution is 6.35. The number of carbonyl (C=O) groups is 2. The lowest BCUT2D eigenvalue weighted by Gasteiger charge is -2.18. The van der Waals surface area contributed by atoms with Gasteiger partial charge in [-0.1, -0.05) is 25.4 Å². The molecule has 0 bridgehead atoms. The molecule has 0 saturated heterocycles. The second-order valence-electron chi connectivity index (χ2n) is 5.36. The predicted octanol–water partition coefficient (Wildman–Crippen LogP) is 2.49. The number of benzene rings is 1. The van der Waals surface area contributed by atoms with Crippen molar-refractivity contribution < 1.29 is 19.4 Å². The number of carbonyl (C=O) groups excluding carboxylic acids is 1. The molecule has 0 saturated carbocycles. The van der Waals surface area contributed by atoms with Crippen molar-refractivity contribution in [3.8, 4) is 5.75 Å². The highest BCUT2D eigenvalue weighted by Crippen LogP contribution is 2.29. The summed E-state index contributed by atoms with van der Waals surface area (Å²) < 4.78 is 5.47. The molecule has 0 aliphatic rings. The standard InChI is InChI=1S/C16H17ClN2O4/c1-9(2)14(16(21)22)19-13(20)8-23-12-6-5-11(17)10-4-3-7-18-15(10)12/h3-7,9,14H,8H2,1-2H3,(H,19,20)(H,21,22)/t14-/m0/s1. The first-order chi connectivity index (χ1) is 10.9. The normalized spacial score (nSPS) is 12.2. The minimum atomic E-state index is -1.08. The van der Waals surface area contributed by atoms with Crippen LogP contribution in [0.1, 0.15) is 13.8 Å². The molecule has 1 amide bonds. The quantitative estimate of drug-likeness (QED) is 0.846. The van der Waals surface area contributed by atoms with Crippen LogP contribution in [0.4, 0.5) is 0 Å². The molecule has 0 fully saturated rings. The third-order valence-electron chi connectivity index (χ3n) is 3.29. The molecular formula is C16H17ClN2O4. The molecule has 0 unspecified atom stereocenters. The molecule has 1 atom stereocenters. The second kappa shape index (κ2) is 7.28. The molecule has 1 heterocycles. The number of nitrogens with zero attached hydrogens (tertiary/aromatic N) is 1. The summed E-state index contributed by atoms with van der Waals surface area (Å²) in [5.41, 5.74) is 0.548. The molecular weight excluding hydrogens is 320 g/mol. The number of nitrogens with one attached hydrogen (secondary N) is 1. The van der Waals surface area contributed by atoms with Crippen molar-refractivity contribution >= 4 is 34.4 Å². The van der Waals surface area contributed by atoms with Crippen molar-refractivity contribution in [2.75, 3.05) is 6.61 Å². The summed E-state index contributed by atoms with van der Waals surface area (Å²) in [6.45, 7) is 3.14. The third-order valence-corrected chi connectivity index (χ3v) is 3.62. The fourth-order valence-corrected chi connectivity index (χ4v) is 2.32. The van der Waals surface area contributed by atoms with Crippen molar-refractivity contribution in [3.63, 3.8) is 0 Å². The summed E-state index contributed by atoms with van der Waals surface area (Å²) in [5, 5.41) is 12.8. The van der Waals surface area contributed by atoms with Crippen molar-refractivity contribution in [2.24, 2.45) is 5.92 Å². The van der Waals surface area contributed by atoms with E-state index in [1.54, 1.807) is 44.3 Å². The van der Waals surface area contributed by atoms with Crippen LogP contribution >= 0.6 is 11.6 Å². The molecule has 0 spiro atoms. The lowest BCUT2D eigenvalue weighted by molar-refractivity contribution is -0.143. The van der Waals surface area contributed by atoms with E-state index in [1.165, 1.54) is 0 Å². The smallest absolute Gasteiger partial charge is 0.326 e. The number of carboxylic acids is 1. The molecule has 122 valence electrons. The number of ether oxygens (including phenoxy) is 1. The number of hydrogen-bond donors (Lipinski definition) is 2. The van der Waals surface area contributed by atoms with Gasteiger partial charge in [-0.25, -0.2) is 4.79 Å². The van der Waals surface area contributed by atoms with E-state index < -0.39 is 17.9 Å². The largest absolute Gasteiger partial charge is 0.481 e. The third kappa shape index (κ3) is 4.10. The first-order valence-corrected chi connectivity index (χ1v) is 7.46. The Balaban J connectivity index is 2.08. The zero-order chi connectivity index (χ0) is 17.0. The number of amides is 1. The number of fused-ring (bicyclic) bond motifs is 1. The van der Waals surface area contributed by atoms with Crippen LogP contribution < -0.4 is 10.1 Å². The van der Waals surface area contributed by atoms with E-state index in [-0.39, 0.29) is 12.5 Å². The molecule has 1 aromatic carbocycles. The Morgan fingerprint density at radius 1 is 1.35 bits per heavy atom. The van der Waals surface area contributed by atoms with Gasteiger partial charge in [-0.3, -0.25) is 9.78 Å². The van der Waals surface area contributed by atoms with Gasteiger partial charge in [-0.15, -0.1) is 0 Å². The number of pyridine rings is 1. The van der Waals surface area contributed by atoms with Gasteiger partial charge in [0.1, 0.15) is 17.3 Å². The Bertz CT molecular complexity index is 733. The Kier molecular flexibility index (Phi) is 5.39. The highest BCUT2D eigenvalue weighted by Gasteiger charge is 2.23. The van der Waals surface area contributed by atoms with E-state index in [2.05, 4.69) is 10.3 Å². The molecule has 0 aliphatic heterocycles. The SMILES string of the molecule is CC(C)[C@H](NC(=O)COc1ccc(Cl)c2cccnc12)C(=O)O. The van der Waals surface area contributed by atoms with Crippen LogP contribution in [-0.2, 0) is 9.59 Å². The van der Waals surface area contributed by atoms with E-state index in [0.717, 1.165) is 5.39 Å². The van der Waals surface area contributed by atoms with Gasteiger partial charge in [0.15, 0.2) is 6.61 Å². The molecule has 7 heteroatoms. The molecule has 0 aliphatic carbocycles. The maximum atomic E-state index is 11.9. The zero-order valence-electron chi connectivity index (χ0n) is 12.7. The molecule has 2 aromatic rings. The lowest BCUT2D eigenvalue weighted by Crippen LogP contribution is -2.46. The van der Waals surface area contributed by atoms with Crippen molar-refractivity contribution in [1.29, 1.82) is 0 Å². The maximum absolute atomic E-state index is 11.9. The minimum absolute atomic E-state index is 0.227. The molecule has 2 N–H and O–H groups in total. The molecule has 2 rings (SSSR count). The van der Waals surface area contributed by atoms with Gasteiger partial charge in [0, 0.05) is 11.6 Å². The van der Waals surface area contributed by atoms with Gasteiger partial charge >= 0.3 is 5.97 Å². The van der Waals surface area contributed by atoms with Crippen molar-refractivity contribution in [2.45, 2.75) is 19.9 Å². The van der Waals surface area contributed by atoms with Crippen molar-refractivity contribution in [3.05, 3.63) is 35.5 Å². The van der Waals surface area contributed by atoms with Crippen LogP contribution in [0.25, 0.3) is 10.9 Å². The predicted molar refractivity (Wildman–Crippen MR) is 86.7 cm³/mol. The molecule has 6 nitrogen and oxygen atoms in total. The minimum Gasteiger partial charge on any atom is -0.481 e. The average molecular weight is 337 g/mol. The first kappa shape index (κ1) is 17.0. The number of aromatic nitrogens is 1. The molecule has 1 aromatic heterocycles. The van der Waals surface area contributed by atoms with Gasteiger partial charge in [0.05, 0.1) is 5.02 Å². The topological polar surface area (TPSA) is 88.5 Å². The second-order valence-corrected chi connectivity index (χ2v) is 5.77. The molecule has 0 radical (unpaired) electrons. The monoisotopic (exact) mass is 336 g/mol. The van der Waals surface area contributed by atoms with Gasteiger partial charge in [-0.05, 0) is 30.2 Å². The van der Waals surface area contributed by atoms with Crippen LogP contribution in [0, 0.1) is 5.92 Å². The van der Waals surface area contributed by atoms with Gasteiger partial charge in [-0.2, -0.15) is 0 Å². The summed E-state index contributed by atoms with van der Waals surface area (Å²) >= 11 is 6.09. The maximum Gasteiger partial charge on any atom is 0.326 e. The summed E-state index contributed by atoms with van der Waals surface area (Å²) in [6, 6.07) is 5.89. The van der Waals surface area contributed by atoms with Crippen LogP contribution in [0.5, 0.6) is 5.75 Å². The van der Waals surface area contributed by atoms with E-state index in [1.807, 2.05) is 0 Å². The van der Waals surface area contributed by atoms with Crippen LogP contribution in [0.2, 0.25) is 5.02 Å². The number of rotatable bonds is 6. The zero-order valence-corrected chi connectivity index (χ0v) is 13.5.